The number of carbonyl (C=O) groups is 1. The van der Waals surface area contributed by atoms with Crippen molar-refractivity contribution in [3.05, 3.63) is 64.7 Å². The monoisotopic (exact) mass is 426 g/mol. The van der Waals surface area contributed by atoms with E-state index in [1.54, 1.807) is 23.9 Å². The van der Waals surface area contributed by atoms with Crippen molar-refractivity contribution in [1.29, 1.82) is 0 Å². The van der Waals surface area contributed by atoms with Crippen LogP contribution in [-0.4, -0.2) is 39.4 Å². The Balaban J connectivity index is 1.82. The molecule has 2 aromatic rings. The zero-order valence-electron chi connectivity index (χ0n) is 15.3. The molecule has 0 aromatic heterocycles. The van der Waals surface area contributed by atoms with Gasteiger partial charge < -0.3 is 5.32 Å². The molecule has 0 radical (unpaired) electrons. The van der Waals surface area contributed by atoms with Gasteiger partial charge in [0.05, 0.1) is 11.9 Å². The molecule has 0 aliphatic carbocycles. The predicted octanol–water partition coefficient (Wildman–Crippen LogP) is 3.46. The van der Waals surface area contributed by atoms with Gasteiger partial charge in [-0.2, -0.15) is 11.8 Å². The van der Waals surface area contributed by atoms with Gasteiger partial charge in [0.25, 0.3) is 0 Å². The number of nitrogens with one attached hydrogen (secondary N) is 1. The molecule has 0 spiro atoms. The van der Waals surface area contributed by atoms with E-state index >= 15 is 0 Å². The predicted molar refractivity (Wildman–Crippen MR) is 114 cm³/mol. The average molecular weight is 427 g/mol. The number of nitrogens with zero attached hydrogens (tertiary/aromatic N) is 1. The second-order valence-electron chi connectivity index (χ2n) is 6.09. The number of anilines is 1. The molecule has 0 saturated carbocycles. The molecular weight excluding hydrogens is 404 g/mol. The van der Waals surface area contributed by atoms with Crippen molar-refractivity contribution in [2.45, 2.75) is 12.7 Å². The largest absolute Gasteiger partial charge is 0.354 e. The number of amides is 1. The minimum atomic E-state index is -3.55. The van der Waals surface area contributed by atoms with Crippen molar-refractivity contribution < 1.29 is 13.2 Å². The van der Waals surface area contributed by atoms with E-state index in [9.17, 15) is 13.2 Å². The topological polar surface area (TPSA) is 66.5 Å². The minimum absolute atomic E-state index is 0.231. The first-order chi connectivity index (χ1) is 12.8. The summed E-state index contributed by atoms with van der Waals surface area (Å²) in [5, 5.41) is 3.49. The van der Waals surface area contributed by atoms with Crippen LogP contribution in [0.25, 0.3) is 0 Å². The highest BCUT2D eigenvalue weighted by Gasteiger charge is 2.21. The third-order valence-corrected chi connectivity index (χ3v) is 6.23. The summed E-state index contributed by atoms with van der Waals surface area (Å²) in [6, 6.07) is 14.8. The molecule has 1 N–H and O–H groups in total. The van der Waals surface area contributed by atoms with E-state index in [0.717, 1.165) is 27.6 Å². The Morgan fingerprint density at radius 1 is 1.15 bits per heavy atom. The van der Waals surface area contributed by atoms with Crippen LogP contribution in [0.3, 0.4) is 0 Å². The molecule has 0 atom stereocenters. The zero-order valence-corrected chi connectivity index (χ0v) is 17.7. The van der Waals surface area contributed by atoms with E-state index in [0.29, 0.717) is 17.3 Å². The number of sulfonamides is 1. The molecule has 0 unspecified atom stereocenters. The van der Waals surface area contributed by atoms with Crippen molar-refractivity contribution in [2.24, 2.45) is 0 Å². The highest BCUT2D eigenvalue weighted by molar-refractivity contribution is 7.98. The maximum atomic E-state index is 12.2. The van der Waals surface area contributed by atoms with Crippen molar-refractivity contribution >= 4 is 45.0 Å². The fourth-order valence-corrected chi connectivity index (χ4v) is 4.30. The SMILES string of the molecule is Cc1ccccc1N(CC(=O)NCCSCc1ccc(Cl)cc1)S(C)(=O)=O. The third-order valence-electron chi connectivity index (χ3n) is 3.82. The third kappa shape index (κ3) is 7.08. The molecule has 0 saturated heterocycles. The summed E-state index contributed by atoms with van der Waals surface area (Å²) in [5.74, 6) is 1.24. The van der Waals surface area contributed by atoms with Crippen molar-refractivity contribution in [3.8, 4) is 0 Å². The smallest absolute Gasteiger partial charge is 0.240 e. The molecule has 1 amide bonds. The number of para-hydroxylation sites is 1. The molecule has 0 heterocycles. The number of hydrogen-bond acceptors (Lipinski definition) is 4. The number of rotatable bonds is 9. The normalized spacial score (nSPS) is 11.2. The van der Waals surface area contributed by atoms with Crippen LogP contribution in [0.2, 0.25) is 5.02 Å². The quantitative estimate of drug-likeness (QED) is 0.623. The lowest BCUT2D eigenvalue weighted by Crippen LogP contribution is -2.41. The van der Waals surface area contributed by atoms with E-state index in [2.05, 4.69) is 5.32 Å². The summed E-state index contributed by atoms with van der Waals surface area (Å²) in [6.07, 6.45) is 1.11. The first-order valence-electron chi connectivity index (χ1n) is 8.39. The average Bonchev–Trinajstić information content (AvgIpc) is 2.61. The number of aryl methyl sites for hydroxylation is 1. The minimum Gasteiger partial charge on any atom is -0.354 e. The number of thioether (sulfide) groups is 1. The van der Waals surface area contributed by atoms with Crippen LogP contribution in [0.15, 0.2) is 48.5 Å². The lowest BCUT2D eigenvalue weighted by molar-refractivity contribution is -0.119. The number of carbonyl (C=O) groups excluding carboxylic acids is 1. The highest BCUT2D eigenvalue weighted by Crippen LogP contribution is 2.21. The molecule has 5 nitrogen and oxygen atoms in total. The summed E-state index contributed by atoms with van der Waals surface area (Å²) in [4.78, 5) is 12.2. The molecule has 27 heavy (non-hydrogen) atoms. The van der Waals surface area contributed by atoms with Gasteiger partial charge in [0.1, 0.15) is 6.54 Å². The van der Waals surface area contributed by atoms with E-state index in [1.165, 1.54) is 5.56 Å². The van der Waals surface area contributed by atoms with Crippen LogP contribution in [-0.2, 0) is 20.6 Å². The zero-order chi connectivity index (χ0) is 19.9. The summed E-state index contributed by atoms with van der Waals surface area (Å²) in [7, 11) is -3.55. The highest BCUT2D eigenvalue weighted by atomic mass is 35.5. The van der Waals surface area contributed by atoms with Crippen LogP contribution in [0.1, 0.15) is 11.1 Å². The molecule has 0 fully saturated rings. The van der Waals surface area contributed by atoms with E-state index in [4.69, 9.17) is 11.6 Å². The van der Waals surface area contributed by atoms with Crippen LogP contribution < -0.4 is 9.62 Å². The fraction of sp³-hybridized carbons (Fsp3) is 0.316. The number of halogens is 1. The second kappa shape index (κ2) is 10.0. The molecule has 2 aromatic carbocycles. The van der Waals surface area contributed by atoms with Crippen LogP contribution in [0, 0.1) is 6.92 Å². The van der Waals surface area contributed by atoms with Gasteiger partial charge in [0.15, 0.2) is 0 Å². The molecule has 146 valence electrons. The molecule has 2 rings (SSSR count). The van der Waals surface area contributed by atoms with Gasteiger partial charge >= 0.3 is 0 Å². The Hall–Kier alpha value is -1.70. The summed E-state index contributed by atoms with van der Waals surface area (Å²) in [6.45, 7) is 2.06. The van der Waals surface area contributed by atoms with Crippen molar-refractivity contribution in [2.75, 3.05) is 29.4 Å². The lowest BCUT2D eigenvalue weighted by atomic mass is 10.2. The van der Waals surface area contributed by atoms with Gasteiger partial charge in [0, 0.05) is 23.1 Å². The second-order valence-corrected chi connectivity index (χ2v) is 9.53. The Morgan fingerprint density at radius 3 is 2.44 bits per heavy atom. The van der Waals surface area contributed by atoms with E-state index in [-0.39, 0.29) is 12.5 Å². The van der Waals surface area contributed by atoms with Gasteiger partial charge in [-0.1, -0.05) is 41.9 Å². The van der Waals surface area contributed by atoms with Gasteiger partial charge in [-0.05, 0) is 36.2 Å². The maximum absolute atomic E-state index is 12.2. The Kier molecular flexibility index (Phi) is 8.01. The Labute approximate surface area is 170 Å². The fourth-order valence-electron chi connectivity index (χ4n) is 2.44. The summed E-state index contributed by atoms with van der Waals surface area (Å²) < 4.78 is 25.4. The van der Waals surface area contributed by atoms with Crippen LogP contribution >= 0.6 is 23.4 Å². The van der Waals surface area contributed by atoms with Gasteiger partial charge in [-0.15, -0.1) is 0 Å². The lowest BCUT2D eigenvalue weighted by Gasteiger charge is -2.23. The first kappa shape index (κ1) is 21.6. The van der Waals surface area contributed by atoms with Crippen LogP contribution in [0.5, 0.6) is 0 Å². The number of benzene rings is 2. The summed E-state index contributed by atoms with van der Waals surface area (Å²) in [5.41, 5.74) is 2.49. The Morgan fingerprint density at radius 2 is 1.81 bits per heavy atom. The van der Waals surface area contributed by atoms with Crippen molar-refractivity contribution in [1.82, 2.24) is 5.32 Å². The molecule has 0 aliphatic rings. The molecular formula is C19H23ClN2O3S2. The number of hydrogen-bond donors (Lipinski definition) is 1. The van der Waals surface area contributed by atoms with Gasteiger partial charge in [-0.25, -0.2) is 8.42 Å². The van der Waals surface area contributed by atoms with E-state index in [1.807, 2.05) is 43.3 Å². The molecule has 8 heteroatoms. The van der Waals surface area contributed by atoms with Crippen LogP contribution in [0.4, 0.5) is 5.69 Å². The Bertz CT molecular complexity index is 871. The van der Waals surface area contributed by atoms with Gasteiger partial charge in [-0.3, -0.25) is 9.10 Å². The van der Waals surface area contributed by atoms with Gasteiger partial charge in [0.2, 0.25) is 15.9 Å². The molecule has 0 bridgehead atoms. The maximum Gasteiger partial charge on any atom is 0.240 e. The van der Waals surface area contributed by atoms with E-state index < -0.39 is 10.0 Å². The first-order valence-corrected chi connectivity index (χ1v) is 11.8. The summed E-state index contributed by atoms with van der Waals surface area (Å²) >= 11 is 7.54. The standard InChI is InChI=1S/C19H23ClN2O3S2/c1-15-5-3-4-6-18(15)22(27(2,24)25)13-19(23)21-11-12-26-14-16-7-9-17(20)10-8-16/h3-10H,11-14H2,1-2H3,(H,21,23). The molecule has 0 aliphatic heterocycles. The van der Waals surface area contributed by atoms with Crippen molar-refractivity contribution in [3.63, 3.8) is 0 Å².